The van der Waals surface area contributed by atoms with Gasteiger partial charge in [0.1, 0.15) is 0 Å². The Labute approximate surface area is 164 Å². The summed E-state index contributed by atoms with van der Waals surface area (Å²) in [6.07, 6.45) is 4.95. The van der Waals surface area contributed by atoms with Crippen LogP contribution < -0.4 is 10.6 Å². The fraction of sp³-hybridized carbons (Fsp3) is 0.474. The Kier molecular flexibility index (Phi) is 4.88. The number of carbonyl (C=O) groups is 1. The molecule has 1 fully saturated rings. The first-order valence-corrected chi connectivity index (χ1v) is 11.0. The van der Waals surface area contributed by atoms with E-state index in [9.17, 15) is 13.2 Å². The Morgan fingerprint density at radius 2 is 2.11 bits per heavy atom. The topological polar surface area (TPSA) is 112 Å². The minimum absolute atomic E-state index is 0.131. The lowest BCUT2D eigenvalue weighted by Gasteiger charge is -2.32. The lowest BCUT2D eigenvalue weighted by Crippen LogP contribution is -2.39. The van der Waals surface area contributed by atoms with Gasteiger partial charge in [0.15, 0.2) is 0 Å². The number of nitrogens with one attached hydrogen (secondary N) is 1. The molecule has 0 aliphatic carbocycles. The lowest BCUT2D eigenvalue weighted by molar-refractivity contribution is 0.0998. The van der Waals surface area contributed by atoms with Crippen LogP contribution in [0.3, 0.4) is 0 Å². The number of primary amides is 1. The predicted octanol–water partition coefficient (Wildman–Crippen LogP) is 1.46. The smallest absolute Gasteiger partial charge is 0.252 e. The van der Waals surface area contributed by atoms with Crippen molar-refractivity contribution in [1.82, 2.24) is 14.5 Å². The number of amides is 1. The summed E-state index contributed by atoms with van der Waals surface area (Å²) in [5.41, 5.74) is 8.55. The number of rotatable bonds is 4. The molecule has 9 heteroatoms. The molecule has 0 bridgehead atoms. The van der Waals surface area contributed by atoms with Crippen LogP contribution in [-0.4, -0.2) is 55.5 Å². The number of fused-ring (bicyclic) bond motifs is 1. The third kappa shape index (κ3) is 3.29. The first kappa shape index (κ1) is 18.9. The van der Waals surface area contributed by atoms with Crippen LogP contribution in [0.25, 0.3) is 0 Å². The molecule has 2 aliphatic heterocycles. The van der Waals surface area contributed by atoms with E-state index in [4.69, 9.17) is 5.73 Å². The van der Waals surface area contributed by atoms with Crippen molar-refractivity contribution in [3.05, 3.63) is 41.2 Å². The Morgan fingerprint density at radius 1 is 1.29 bits per heavy atom. The molecule has 2 aromatic rings. The SMILES string of the molecule is CN1CCCc2ccc(S(=O)(=O)N3CCC[C@@H](c4[nH]ncc4C(N)=O)C3)cc21. The third-order valence-electron chi connectivity index (χ3n) is 5.77. The monoisotopic (exact) mass is 403 g/mol. The summed E-state index contributed by atoms with van der Waals surface area (Å²) in [4.78, 5) is 14.0. The number of anilines is 1. The number of benzene rings is 1. The van der Waals surface area contributed by atoms with Crippen molar-refractivity contribution < 1.29 is 13.2 Å². The van der Waals surface area contributed by atoms with Gasteiger partial charge in [0.25, 0.3) is 5.91 Å². The van der Waals surface area contributed by atoms with Crippen LogP contribution in [0, 0.1) is 0 Å². The highest BCUT2D eigenvalue weighted by molar-refractivity contribution is 7.89. The third-order valence-corrected chi connectivity index (χ3v) is 7.63. The zero-order valence-corrected chi connectivity index (χ0v) is 16.7. The van der Waals surface area contributed by atoms with Crippen LogP contribution in [0.2, 0.25) is 0 Å². The van der Waals surface area contributed by atoms with E-state index in [2.05, 4.69) is 15.1 Å². The molecule has 28 heavy (non-hydrogen) atoms. The molecule has 4 rings (SSSR count). The number of piperidine rings is 1. The largest absolute Gasteiger partial charge is 0.374 e. The highest BCUT2D eigenvalue weighted by atomic mass is 32.2. The van der Waals surface area contributed by atoms with Crippen LogP contribution in [0.15, 0.2) is 29.3 Å². The van der Waals surface area contributed by atoms with Crippen LogP contribution >= 0.6 is 0 Å². The minimum atomic E-state index is -3.62. The molecule has 1 amide bonds. The lowest BCUT2D eigenvalue weighted by atomic mass is 9.93. The van der Waals surface area contributed by atoms with Gasteiger partial charge in [0.05, 0.1) is 22.3 Å². The number of aryl methyl sites for hydroxylation is 1. The average Bonchev–Trinajstić information content (AvgIpc) is 3.18. The van der Waals surface area contributed by atoms with Gasteiger partial charge in [0, 0.05) is 38.3 Å². The predicted molar refractivity (Wildman–Crippen MR) is 106 cm³/mol. The van der Waals surface area contributed by atoms with Crippen molar-refractivity contribution >= 4 is 21.6 Å². The number of sulfonamides is 1. The second-order valence-electron chi connectivity index (χ2n) is 7.58. The van der Waals surface area contributed by atoms with Gasteiger partial charge in [-0.3, -0.25) is 9.89 Å². The van der Waals surface area contributed by atoms with E-state index in [1.807, 2.05) is 13.1 Å². The van der Waals surface area contributed by atoms with Gasteiger partial charge in [-0.1, -0.05) is 6.07 Å². The second-order valence-corrected chi connectivity index (χ2v) is 9.52. The van der Waals surface area contributed by atoms with Crippen molar-refractivity contribution in [1.29, 1.82) is 0 Å². The van der Waals surface area contributed by atoms with E-state index in [1.165, 1.54) is 16.1 Å². The maximum Gasteiger partial charge on any atom is 0.252 e. The number of hydrogen-bond donors (Lipinski definition) is 2. The summed E-state index contributed by atoms with van der Waals surface area (Å²) in [5, 5.41) is 6.76. The highest BCUT2D eigenvalue weighted by Crippen LogP contribution is 2.33. The van der Waals surface area contributed by atoms with Crippen molar-refractivity contribution in [2.24, 2.45) is 5.73 Å². The van der Waals surface area contributed by atoms with Crippen molar-refractivity contribution in [2.45, 2.75) is 36.5 Å². The minimum Gasteiger partial charge on any atom is -0.374 e. The van der Waals surface area contributed by atoms with Gasteiger partial charge in [-0.2, -0.15) is 9.40 Å². The van der Waals surface area contributed by atoms with Gasteiger partial charge in [0.2, 0.25) is 10.0 Å². The normalized spacial score (nSPS) is 20.8. The van der Waals surface area contributed by atoms with Gasteiger partial charge < -0.3 is 10.6 Å². The zero-order valence-electron chi connectivity index (χ0n) is 15.9. The van der Waals surface area contributed by atoms with E-state index >= 15 is 0 Å². The summed E-state index contributed by atoms with van der Waals surface area (Å²) in [6, 6.07) is 5.43. The maximum atomic E-state index is 13.3. The van der Waals surface area contributed by atoms with Gasteiger partial charge in [-0.15, -0.1) is 0 Å². The molecule has 0 radical (unpaired) electrons. The number of carbonyl (C=O) groups excluding carboxylic acids is 1. The molecule has 1 saturated heterocycles. The van der Waals surface area contributed by atoms with Gasteiger partial charge >= 0.3 is 0 Å². The first-order chi connectivity index (χ1) is 13.4. The number of hydrogen-bond acceptors (Lipinski definition) is 5. The number of H-pyrrole nitrogens is 1. The standard InChI is InChI=1S/C19H25N5O3S/c1-23-8-2-4-13-6-7-15(10-17(13)23)28(26,27)24-9-3-5-14(12-24)18-16(19(20)25)11-21-22-18/h6-7,10-11,14H,2-5,8-9,12H2,1H3,(H2,20,25)(H,21,22)/t14-/m1/s1. The molecule has 1 aromatic heterocycles. The van der Waals surface area contributed by atoms with Gasteiger partial charge in [-0.05, 0) is 43.4 Å². The van der Waals surface area contributed by atoms with Crippen molar-refractivity contribution in [3.63, 3.8) is 0 Å². The van der Waals surface area contributed by atoms with E-state index in [0.717, 1.165) is 31.5 Å². The molecule has 1 aromatic carbocycles. The Morgan fingerprint density at radius 3 is 2.89 bits per heavy atom. The molecule has 0 spiro atoms. The summed E-state index contributed by atoms with van der Waals surface area (Å²) in [5.74, 6) is -0.685. The maximum absolute atomic E-state index is 13.3. The second kappa shape index (κ2) is 7.21. The number of aromatic amines is 1. The summed E-state index contributed by atoms with van der Waals surface area (Å²) in [7, 11) is -1.62. The zero-order chi connectivity index (χ0) is 19.9. The summed E-state index contributed by atoms with van der Waals surface area (Å²) in [6.45, 7) is 1.70. The van der Waals surface area contributed by atoms with Crippen LogP contribution in [-0.2, 0) is 16.4 Å². The van der Waals surface area contributed by atoms with Gasteiger partial charge in [-0.25, -0.2) is 8.42 Å². The Hall–Kier alpha value is -2.39. The van der Waals surface area contributed by atoms with E-state index in [0.29, 0.717) is 35.7 Å². The van der Waals surface area contributed by atoms with Crippen LogP contribution in [0.1, 0.15) is 46.8 Å². The summed E-state index contributed by atoms with van der Waals surface area (Å²) < 4.78 is 28.1. The molecule has 1 atom stereocenters. The quantitative estimate of drug-likeness (QED) is 0.803. The fourth-order valence-corrected chi connectivity index (χ4v) is 5.79. The number of nitrogens with zero attached hydrogens (tertiary/aromatic N) is 3. The summed E-state index contributed by atoms with van der Waals surface area (Å²) >= 11 is 0. The first-order valence-electron chi connectivity index (χ1n) is 9.55. The Bertz CT molecular complexity index is 1000. The molecule has 2 aliphatic rings. The highest BCUT2D eigenvalue weighted by Gasteiger charge is 2.33. The van der Waals surface area contributed by atoms with E-state index in [-0.39, 0.29) is 5.92 Å². The molecule has 3 N–H and O–H groups in total. The van der Waals surface area contributed by atoms with Crippen molar-refractivity contribution in [2.75, 3.05) is 31.6 Å². The molecule has 8 nitrogen and oxygen atoms in total. The van der Waals surface area contributed by atoms with Crippen LogP contribution in [0.4, 0.5) is 5.69 Å². The molecule has 0 unspecified atom stereocenters. The average molecular weight is 404 g/mol. The fourth-order valence-electron chi connectivity index (χ4n) is 4.25. The van der Waals surface area contributed by atoms with Crippen molar-refractivity contribution in [3.8, 4) is 0 Å². The molecular formula is C19H25N5O3S. The van der Waals surface area contributed by atoms with E-state index in [1.54, 1.807) is 12.1 Å². The number of nitrogens with two attached hydrogens (primary N) is 1. The molecule has 0 saturated carbocycles. The molecular weight excluding hydrogens is 378 g/mol. The number of aromatic nitrogens is 2. The van der Waals surface area contributed by atoms with E-state index < -0.39 is 15.9 Å². The molecule has 150 valence electrons. The molecule has 3 heterocycles. The Balaban J connectivity index is 1.62. The van der Waals surface area contributed by atoms with Crippen LogP contribution in [0.5, 0.6) is 0 Å².